The highest BCUT2D eigenvalue weighted by Gasteiger charge is 2.32. The average Bonchev–Trinajstić information content (AvgIpc) is 2.85. The van der Waals surface area contributed by atoms with Gasteiger partial charge in [-0.15, -0.1) is 0 Å². The maximum Gasteiger partial charge on any atom is 0.416 e. The van der Waals surface area contributed by atoms with Crippen molar-refractivity contribution in [2.45, 2.75) is 25.1 Å². The molecule has 0 amide bonds. The van der Waals surface area contributed by atoms with Crippen LogP contribution < -0.4 is 14.5 Å². The normalized spacial score (nSPS) is 14.6. The molecule has 0 unspecified atom stereocenters. The molecule has 0 atom stereocenters. The number of hydrogen-bond acceptors (Lipinski definition) is 7. The summed E-state index contributed by atoms with van der Waals surface area (Å²) < 4.78 is 44.8. The van der Waals surface area contributed by atoms with Crippen molar-refractivity contribution in [1.29, 1.82) is 5.26 Å². The van der Waals surface area contributed by atoms with Gasteiger partial charge in [0.25, 0.3) is 0 Å². The van der Waals surface area contributed by atoms with Crippen molar-refractivity contribution in [2.75, 3.05) is 30.0 Å². The maximum atomic E-state index is 13.1. The van der Waals surface area contributed by atoms with Crippen LogP contribution >= 0.6 is 0 Å². The van der Waals surface area contributed by atoms with Gasteiger partial charge in [0.1, 0.15) is 17.5 Å². The smallest absolute Gasteiger partial charge is 0.416 e. The number of anilines is 3. The molecule has 0 bridgehead atoms. The van der Waals surface area contributed by atoms with Gasteiger partial charge in [-0.25, -0.2) is 9.97 Å². The number of nitriles is 1. The Kier molecular flexibility index (Phi) is 6.31. The zero-order valence-corrected chi connectivity index (χ0v) is 17.8. The van der Waals surface area contributed by atoms with Gasteiger partial charge in [0.15, 0.2) is 0 Å². The molecule has 0 radical (unpaired) electrons. The van der Waals surface area contributed by atoms with E-state index >= 15 is 0 Å². The summed E-state index contributed by atoms with van der Waals surface area (Å²) >= 11 is 0. The van der Waals surface area contributed by atoms with E-state index in [1.54, 1.807) is 38.0 Å². The second kappa shape index (κ2) is 9.32. The van der Waals surface area contributed by atoms with E-state index in [1.165, 1.54) is 12.1 Å². The number of alkyl halides is 3. The SMILES string of the molecule is COc1ccncc1N(c1ccc(C(F)(F)F)cc1)C1CCN(c2cnc(C#N)nc2)CC1. The van der Waals surface area contributed by atoms with Gasteiger partial charge in [-0.05, 0) is 37.1 Å². The Bertz CT molecular complexity index is 1120. The Balaban J connectivity index is 1.61. The van der Waals surface area contributed by atoms with E-state index in [1.807, 2.05) is 11.0 Å². The average molecular weight is 454 g/mol. The van der Waals surface area contributed by atoms with Gasteiger partial charge >= 0.3 is 6.18 Å². The Morgan fingerprint density at radius 1 is 1.06 bits per heavy atom. The minimum atomic E-state index is -4.40. The van der Waals surface area contributed by atoms with E-state index in [0.717, 1.165) is 30.7 Å². The summed E-state index contributed by atoms with van der Waals surface area (Å²) in [6.07, 6.45) is 3.60. The van der Waals surface area contributed by atoms with Crippen LogP contribution in [0.1, 0.15) is 24.2 Å². The molecule has 3 aromatic rings. The number of benzene rings is 1. The first kappa shape index (κ1) is 22.3. The number of pyridine rings is 1. The third-order valence-corrected chi connectivity index (χ3v) is 5.65. The number of hydrogen-bond donors (Lipinski definition) is 0. The highest BCUT2D eigenvalue weighted by molar-refractivity contribution is 5.69. The van der Waals surface area contributed by atoms with Crippen molar-refractivity contribution in [3.05, 3.63) is 66.5 Å². The third kappa shape index (κ3) is 4.82. The van der Waals surface area contributed by atoms with Crippen LogP contribution in [-0.4, -0.2) is 41.2 Å². The van der Waals surface area contributed by atoms with E-state index in [4.69, 9.17) is 10.00 Å². The first-order valence-corrected chi connectivity index (χ1v) is 10.3. The molecule has 0 saturated carbocycles. The molecule has 10 heteroatoms. The van der Waals surface area contributed by atoms with Gasteiger partial charge in [-0.2, -0.15) is 18.4 Å². The van der Waals surface area contributed by atoms with Crippen molar-refractivity contribution >= 4 is 17.1 Å². The van der Waals surface area contributed by atoms with Gasteiger partial charge in [0, 0.05) is 37.1 Å². The highest BCUT2D eigenvalue weighted by atomic mass is 19.4. The predicted molar refractivity (Wildman–Crippen MR) is 116 cm³/mol. The van der Waals surface area contributed by atoms with Crippen molar-refractivity contribution in [1.82, 2.24) is 15.0 Å². The molecule has 4 rings (SSSR count). The van der Waals surface area contributed by atoms with E-state index < -0.39 is 11.7 Å². The summed E-state index contributed by atoms with van der Waals surface area (Å²) in [6, 6.07) is 8.79. The molecule has 33 heavy (non-hydrogen) atoms. The number of methoxy groups -OCH3 is 1. The Labute approximate surface area is 189 Å². The monoisotopic (exact) mass is 454 g/mol. The summed E-state index contributed by atoms with van der Waals surface area (Å²) in [7, 11) is 1.55. The highest BCUT2D eigenvalue weighted by Crippen LogP contribution is 2.39. The van der Waals surface area contributed by atoms with Crippen molar-refractivity contribution in [3.63, 3.8) is 0 Å². The van der Waals surface area contributed by atoms with E-state index in [9.17, 15) is 13.2 Å². The van der Waals surface area contributed by atoms with Crippen LogP contribution in [0, 0.1) is 11.3 Å². The number of halogens is 3. The Morgan fingerprint density at radius 3 is 2.30 bits per heavy atom. The fourth-order valence-corrected chi connectivity index (χ4v) is 4.01. The molecule has 0 aliphatic carbocycles. The molecule has 1 aliphatic rings. The zero-order valence-electron chi connectivity index (χ0n) is 17.8. The van der Waals surface area contributed by atoms with Crippen LogP contribution in [0.25, 0.3) is 0 Å². The van der Waals surface area contributed by atoms with Crippen LogP contribution in [0.2, 0.25) is 0 Å². The minimum Gasteiger partial charge on any atom is -0.494 e. The largest absolute Gasteiger partial charge is 0.494 e. The zero-order chi connectivity index (χ0) is 23.4. The fourth-order valence-electron chi connectivity index (χ4n) is 4.01. The summed E-state index contributed by atoms with van der Waals surface area (Å²) in [4.78, 5) is 16.4. The van der Waals surface area contributed by atoms with Crippen LogP contribution in [-0.2, 0) is 6.18 Å². The van der Waals surface area contributed by atoms with Crippen molar-refractivity contribution in [2.24, 2.45) is 0 Å². The number of nitrogens with zero attached hydrogens (tertiary/aromatic N) is 6. The molecule has 1 aromatic carbocycles. The van der Waals surface area contributed by atoms with Crippen molar-refractivity contribution < 1.29 is 17.9 Å². The van der Waals surface area contributed by atoms with Crippen molar-refractivity contribution in [3.8, 4) is 11.8 Å². The van der Waals surface area contributed by atoms with Gasteiger partial charge in [0.05, 0.1) is 37.0 Å². The minimum absolute atomic E-state index is 0.00962. The summed E-state index contributed by atoms with van der Waals surface area (Å²) in [5.74, 6) is 0.707. The first-order valence-electron chi connectivity index (χ1n) is 10.3. The van der Waals surface area contributed by atoms with Crippen LogP contribution in [0.3, 0.4) is 0 Å². The second-order valence-corrected chi connectivity index (χ2v) is 7.56. The van der Waals surface area contributed by atoms with E-state index in [0.29, 0.717) is 30.2 Å². The van der Waals surface area contributed by atoms with Gasteiger partial charge in [-0.1, -0.05) is 0 Å². The van der Waals surface area contributed by atoms with Crippen LogP contribution in [0.4, 0.5) is 30.2 Å². The maximum absolute atomic E-state index is 13.1. The van der Waals surface area contributed by atoms with Crippen LogP contribution in [0.15, 0.2) is 55.1 Å². The Morgan fingerprint density at radius 2 is 1.73 bits per heavy atom. The number of rotatable bonds is 5. The number of aromatic nitrogens is 3. The first-order chi connectivity index (χ1) is 15.9. The molecule has 3 heterocycles. The lowest BCUT2D eigenvalue weighted by atomic mass is 10.0. The van der Waals surface area contributed by atoms with Gasteiger partial charge < -0.3 is 14.5 Å². The quantitative estimate of drug-likeness (QED) is 0.559. The molecule has 0 spiro atoms. The molecule has 1 fully saturated rings. The third-order valence-electron chi connectivity index (χ3n) is 5.65. The summed E-state index contributed by atoms with van der Waals surface area (Å²) in [6.45, 7) is 1.39. The van der Waals surface area contributed by atoms with Crippen LogP contribution in [0.5, 0.6) is 5.75 Å². The molecule has 1 saturated heterocycles. The molecule has 1 aliphatic heterocycles. The molecule has 170 valence electrons. The standard InChI is InChI=1S/C23H21F3N6O/c1-33-21-6-9-28-15-20(21)32(17-4-2-16(3-5-17)23(24,25)26)18-7-10-31(11-8-18)19-13-29-22(12-27)30-14-19/h2-6,9,13-15,18H,7-8,10-11H2,1H3. The second-order valence-electron chi connectivity index (χ2n) is 7.56. The summed E-state index contributed by atoms with van der Waals surface area (Å²) in [5.41, 5.74) is 1.46. The molecular weight excluding hydrogens is 433 g/mol. The molecule has 7 nitrogen and oxygen atoms in total. The topological polar surface area (TPSA) is 78.2 Å². The summed E-state index contributed by atoms with van der Waals surface area (Å²) in [5, 5.41) is 8.88. The van der Waals surface area contributed by atoms with E-state index in [2.05, 4.69) is 19.9 Å². The molecular formula is C23H21F3N6O. The lowest BCUT2D eigenvalue weighted by Gasteiger charge is -2.40. The molecule has 0 N–H and O–H groups in total. The Hall–Kier alpha value is -3.87. The van der Waals surface area contributed by atoms with Gasteiger partial charge in [0.2, 0.25) is 5.82 Å². The lowest BCUT2D eigenvalue weighted by Crippen LogP contribution is -2.43. The van der Waals surface area contributed by atoms with E-state index in [-0.39, 0.29) is 11.9 Å². The van der Waals surface area contributed by atoms with Gasteiger partial charge in [-0.3, -0.25) is 4.98 Å². The number of ether oxygens (including phenoxy) is 1. The fraction of sp³-hybridized carbons (Fsp3) is 0.304. The lowest BCUT2D eigenvalue weighted by molar-refractivity contribution is -0.137. The predicted octanol–water partition coefficient (Wildman–Crippen LogP) is 4.58. The number of piperidine rings is 1. The molecule has 2 aromatic heterocycles.